The molecule has 1 unspecified atom stereocenters. The zero-order valence-electron chi connectivity index (χ0n) is 8.13. The van der Waals surface area contributed by atoms with E-state index >= 15 is 0 Å². The van der Waals surface area contributed by atoms with Gasteiger partial charge in [-0.15, -0.1) is 0 Å². The quantitative estimate of drug-likeness (QED) is 0.741. The standard InChI is InChI=1S/C11H9ClFNO/c1-2-7(6-14)11(15)9-4-3-8(12)5-10(9)13/h3-5,7H,2H2,1H3. The second-order valence-corrected chi connectivity index (χ2v) is 3.51. The summed E-state index contributed by atoms with van der Waals surface area (Å²) in [6, 6.07) is 5.65. The van der Waals surface area contributed by atoms with Crippen LogP contribution in [0.3, 0.4) is 0 Å². The average Bonchev–Trinajstić information content (AvgIpc) is 2.19. The zero-order valence-corrected chi connectivity index (χ0v) is 8.88. The maximum absolute atomic E-state index is 13.3. The number of benzene rings is 1. The van der Waals surface area contributed by atoms with E-state index in [1.165, 1.54) is 12.1 Å². The van der Waals surface area contributed by atoms with Crippen LogP contribution < -0.4 is 0 Å². The van der Waals surface area contributed by atoms with Crippen molar-refractivity contribution in [3.63, 3.8) is 0 Å². The number of rotatable bonds is 3. The maximum atomic E-state index is 13.3. The Hall–Kier alpha value is -1.40. The van der Waals surface area contributed by atoms with Crippen LogP contribution in [0.25, 0.3) is 0 Å². The summed E-state index contributed by atoms with van der Waals surface area (Å²) < 4.78 is 13.3. The molecule has 0 heterocycles. The second kappa shape index (κ2) is 4.90. The summed E-state index contributed by atoms with van der Waals surface area (Å²) in [6.07, 6.45) is 0.372. The third-order valence-corrected chi connectivity index (χ3v) is 2.31. The lowest BCUT2D eigenvalue weighted by molar-refractivity contribution is 0.0942. The smallest absolute Gasteiger partial charge is 0.182 e. The minimum absolute atomic E-state index is 0.0761. The molecule has 0 N–H and O–H groups in total. The van der Waals surface area contributed by atoms with E-state index in [1.807, 2.05) is 6.07 Å². The number of Topliss-reactive ketones (excluding diaryl/α,β-unsaturated/α-hetero) is 1. The monoisotopic (exact) mass is 225 g/mol. The van der Waals surface area contributed by atoms with Crippen molar-refractivity contribution < 1.29 is 9.18 Å². The van der Waals surface area contributed by atoms with Crippen molar-refractivity contribution in [2.24, 2.45) is 5.92 Å². The Morgan fingerprint density at radius 1 is 1.67 bits per heavy atom. The molecular weight excluding hydrogens is 217 g/mol. The van der Waals surface area contributed by atoms with Gasteiger partial charge in [-0.3, -0.25) is 4.79 Å². The molecule has 0 saturated carbocycles. The molecule has 0 fully saturated rings. The van der Waals surface area contributed by atoms with Gasteiger partial charge in [-0.25, -0.2) is 4.39 Å². The fourth-order valence-corrected chi connectivity index (χ4v) is 1.37. The van der Waals surface area contributed by atoms with Gasteiger partial charge in [0.1, 0.15) is 11.7 Å². The highest BCUT2D eigenvalue weighted by molar-refractivity contribution is 6.30. The van der Waals surface area contributed by atoms with Crippen LogP contribution in [0.15, 0.2) is 18.2 Å². The Morgan fingerprint density at radius 2 is 2.33 bits per heavy atom. The molecular formula is C11H9ClFNO. The molecule has 0 aliphatic rings. The van der Waals surface area contributed by atoms with Crippen LogP contribution in [0.1, 0.15) is 23.7 Å². The Labute approximate surface area is 92.3 Å². The number of ketones is 1. The Morgan fingerprint density at radius 3 is 2.80 bits per heavy atom. The third kappa shape index (κ3) is 2.54. The SMILES string of the molecule is CCC(C#N)C(=O)c1ccc(Cl)cc1F. The van der Waals surface area contributed by atoms with E-state index in [9.17, 15) is 9.18 Å². The molecule has 0 amide bonds. The third-order valence-electron chi connectivity index (χ3n) is 2.08. The van der Waals surface area contributed by atoms with E-state index in [1.54, 1.807) is 6.92 Å². The normalized spacial score (nSPS) is 11.9. The van der Waals surface area contributed by atoms with E-state index in [2.05, 4.69) is 0 Å². The van der Waals surface area contributed by atoms with Gasteiger partial charge < -0.3 is 0 Å². The molecule has 2 nitrogen and oxygen atoms in total. The number of nitrogens with zero attached hydrogens (tertiary/aromatic N) is 1. The van der Waals surface area contributed by atoms with Crippen LogP contribution in [0.4, 0.5) is 4.39 Å². The number of carbonyl (C=O) groups excluding carboxylic acids is 1. The van der Waals surface area contributed by atoms with Gasteiger partial charge in [0.15, 0.2) is 5.78 Å². The fraction of sp³-hybridized carbons (Fsp3) is 0.273. The van der Waals surface area contributed by atoms with Gasteiger partial charge in [0.25, 0.3) is 0 Å². The number of hydrogen-bond donors (Lipinski definition) is 0. The highest BCUT2D eigenvalue weighted by Gasteiger charge is 2.20. The molecule has 1 atom stereocenters. The summed E-state index contributed by atoms with van der Waals surface area (Å²) in [4.78, 5) is 11.6. The molecule has 0 aliphatic carbocycles. The second-order valence-electron chi connectivity index (χ2n) is 3.08. The number of halogens is 2. The molecule has 0 bridgehead atoms. The topological polar surface area (TPSA) is 40.9 Å². The molecule has 4 heteroatoms. The lowest BCUT2D eigenvalue weighted by Crippen LogP contribution is -2.13. The molecule has 0 spiro atoms. The first-order valence-electron chi connectivity index (χ1n) is 4.49. The summed E-state index contributed by atoms with van der Waals surface area (Å²) in [5.41, 5.74) is -0.0761. The van der Waals surface area contributed by atoms with Crippen molar-refractivity contribution in [2.75, 3.05) is 0 Å². The van der Waals surface area contributed by atoms with Crippen LogP contribution in [0.2, 0.25) is 5.02 Å². The van der Waals surface area contributed by atoms with Crippen molar-refractivity contribution in [2.45, 2.75) is 13.3 Å². The highest BCUT2D eigenvalue weighted by Crippen LogP contribution is 2.18. The molecule has 15 heavy (non-hydrogen) atoms. The lowest BCUT2D eigenvalue weighted by Gasteiger charge is -2.06. The minimum atomic E-state index is -0.791. The largest absolute Gasteiger partial charge is 0.293 e. The highest BCUT2D eigenvalue weighted by atomic mass is 35.5. The predicted molar refractivity (Wildman–Crippen MR) is 55.1 cm³/mol. The van der Waals surface area contributed by atoms with Gasteiger partial charge >= 0.3 is 0 Å². The number of nitriles is 1. The minimum Gasteiger partial charge on any atom is -0.293 e. The van der Waals surface area contributed by atoms with Crippen LogP contribution >= 0.6 is 11.6 Å². The van der Waals surface area contributed by atoms with E-state index < -0.39 is 17.5 Å². The molecule has 0 aromatic heterocycles. The van der Waals surface area contributed by atoms with E-state index in [-0.39, 0.29) is 10.6 Å². The van der Waals surface area contributed by atoms with Crippen molar-refractivity contribution in [1.29, 1.82) is 5.26 Å². The Bertz CT molecular complexity index is 425. The molecule has 0 aliphatic heterocycles. The van der Waals surface area contributed by atoms with Crippen LogP contribution in [0.5, 0.6) is 0 Å². The van der Waals surface area contributed by atoms with E-state index in [0.29, 0.717) is 6.42 Å². The van der Waals surface area contributed by atoms with Crippen LogP contribution in [0, 0.1) is 23.1 Å². The van der Waals surface area contributed by atoms with E-state index in [4.69, 9.17) is 16.9 Å². The molecule has 0 radical (unpaired) electrons. The molecule has 0 saturated heterocycles. The van der Waals surface area contributed by atoms with Crippen LogP contribution in [-0.2, 0) is 0 Å². The average molecular weight is 226 g/mol. The first-order chi connectivity index (χ1) is 7.10. The van der Waals surface area contributed by atoms with Gasteiger partial charge in [0.05, 0.1) is 11.6 Å². The van der Waals surface area contributed by atoms with Gasteiger partial charge in [-0.2, -0.15) is 5.26 Å². The summed E-state index contributed by atoms with van der Waals surface area (Å²) in [5.74, 6) is -1.96. The summed E-state index contributed by atoms with van der Waals surface area (Å²) >= 11 is 5.55. The molecule has 1 aromatic carbocycles. The Balaban J connectivity index is 3.07. The van der Waals surface area contributed by atoms with Gasteiger partial charge in [0.2, 0.25) is 0 Å². The van der Waals surface area contributed by atoms with E-state index in [0.717, 1.165) is 6.07 Å². The van der Waals surface area contributed by atoms with Crippen molar-refractivity contribution in [3.05, 3.63) is 34.6 Å². The summed E-state index contributed by atoms with van der Waals surface area (Å²) in [6.45, 7) is 1.71. The van der Waals surface area contributed by atoms with Crippen molar-refractivity contribution in [1.82, 2.24) is 0 Å². The lowest BCUT2D eigenvalue weighted by atomic mass is 9.96. The van der Waals surface area contributed by atoms with Gasteiger partial charge in [-0.05, 0) is 24.6 Å². The van der Waals surface area contributed by atoms with Gasteiger partial charge in [0, 0.05) is 5.02 Å². The molecule has 1 rings (SSSR count). The van der Waals surface area contributed by atoms with Crippen molar-refractivity contribution in [3.8, 4) is 6.07 Å². The van der Waals surface area contributed by atoms with Gasteiger partial charge in [-0.1, -0.05) is 18.5 Å². The molecule has 1 aromatic rings. The first kappa shape index (κ1) is 11.7. The number of carbonyl (C=O) groups is 1. The first-order valence-corrected chi connectivity index (χ1v) is 4.86. The van der Waals surface area contributed by atoms with Crippen molar-refractivity contribution >= 4 is 17.4 Å². The van der Waals surface area contributed by atoms with Crippen LogP contribution in [-0.4, -0.2) is 5.78 Å². The Kier molecular flexibility index (Phi) is 3.81. The predicted octanol–water partition coefficient (Wildman–Crippen LogP) is 3.21. The number of hydrogen-bond acceptors (Lipinski definition) is 2. The summed E-state index contributed by atoms with van der Waals surface area (Å²) in [7, 11) is 0. The zero-order chi connectivity index (χ0) is 11.4. The maximum Gasteiger partial charge on any atom is 0.182 e. The summed E-state index contributed by atoms with van der Waals surface area (Å²) in [5, 5.41) is 8.91. The molecule has 78 valence electrons. The fourth-order valence-electron chi connectivity index (χ4n) is 1.21.